The molecule has 0 spiro atoms. The average molecular weight is 1470 g/mol. The first kappa shape index (κ1) is 82.5. The van der Waals surface area contributed by atoms with Gasteiger partial charge in [-0.25, -0.2) is 4.79 Å². The summed E-state index contributed by atoms with van der Waals surface area (Å²) >= 11 is 0. The molecule has 10 aromatic rings. The lowest BCUT2D eigenvalue weighted by molar-refractivity contribution is -0.102. The van der Waals surface area contributed by atoms with E-state index >= 15 is 0 Å². The standard InChI is InChI=1S/C63H66N4O3.C38H37NO2/c1-43(2)64(44(3)4)61(68)55-31-19-49(20-32-55)13-16-52-25-37-58(38-26-52)67(59-39-27-53(28-40-59)17-14-50-21-33-56(34-22-50)62(69)65(45(5)6)46(7)8)60-41-29-54(30-42-60)18-15-51-23-35-57(36-24-51)63(70)66(47(9)10)48(11)12;1-8-38(36(2,3)4,37(5,6)7)41-35(40)31-25-21-29(22-26-31)19-20-30-23-27-34(28-24-30)39(32-15-11-9-12-16-32)33-17-13-10-14-18-33/h19-48H,1-12H3;1,9-18,21-28H,2-7H3. The summed E-state index contributed by atoms with van der Waals surface area (Å²) in [5.74, 6) is 28.5. The summed E-state index contributed by atoms with van der Waals surface area (Å²) in [5.41, 5.74) is 13.2. The van der Waals surface area contributed by atoms with Gasteiger partial charge in [0, 0.05) is 142 Å². The van der Waals surface area contributed by atoms with Crippen LogP contribution in [0.5, 0.6) is 0 Å². The molecule has 10 rings (SSSR count). The lowest BCUT2D eigenvalue weighted by Gasteiger charge is -2.48. The van der Waals surface area contributed by atoms with Crippen molar-refractivity contribution in [2.75, 3.05) is 9.80 Å². The summed E-state index contributed by atoms with van der Waals surface area (Å²) in [6.45, 7) is 36.4. The van der Waals surface area contributed by atoms with E-state index in [2.05, 4.69) is 136 Å². The number of benzene rings is 10. The van der Waals surface area contributed by atoms with Crippen molar-refractivity contribution in [2.45, 2.75) is 166 Å². The molecule has 10 aromatic carbocycles. The number of ether oxygens (including phenoxy) is 1. The number of nitrogens with zero attached hydrogens (tertiary/aromatic N) is 5. The Morgan fingerprint density at radius 3 is 0.631 bits per heavy atom. The van der Waals surface area contributed by atoms with Gasteiger partial charge in [0.2, 0.25) is 0 Å². The molecule has 0 heterocycles. The fraction of sp³-hybridized carbons (Fsp3) is 0.267. The monoisotopic (exact) mass is 1470 g/mol. The van der Waals surface area contributed by atoms with Gasteiger partial charge in [-0.15, -0.1) is 6.42 Å². The van der Waals surface area contributed by atoms with E-state index in [-0.39, 0.29) is 54.0 Å². The Morgan fingerprint density at radius 1 is 0.270 bits per heavy atom. The maximum atomic E-state index is 13.2. The van der Waals surface area contributed by atoms with Gasteiger partial charge in [0.05, 0.1) is 5.56 Å². The van der Waals surface area contributed by atoms with Gasteiger partial charge in [-0.3, -0.25) is 14.4 Å². The fourth-order valence-electron chi connectivity index (χ4n) is 13.9. The van der Waals surface area contributed by atoms with Crippen molar-refractivity contribution in [3.05, 3.63) is 322 Å². The highest BCUT2D eigenvalue weighted by Crippen LogP contribution is 2.47. The maximum Gasteiger partial charge on any atom is 0.339 e. The van der Waals surface area contributed by atoms with Gasteiger partial charge in [-0.05, 0) is 301 Å². The van der Waals surface area contributed by atoms with Crippen molar-refractivity contribution in [3.63, 3.8) is 0 Å². The van der Waals surface area contributed by atoms with Gasteiger partial charge in [0.1, 0.15) is 0 Å². The quantitative estimate of drug-likeness (QED) is 0.0662. The van der Waals surface area contributed by atoms with E-state index in [1.54, 1.807) is 12.1 Å². The van der Waals surface area contributed by atoms with Crippen LogP contribution < -0.4 is 9.80 Å². The number of anilines is 6. The van der Waals surface area contributed by atoms with Gasteiger partial charge >= 0.3 is 5.97 Å². The number of hydrogen-bond donors (Lipinski definition) is 0. The third-order valence-corrected chi connectivity index (χ3v) is 19.1. The van der Waals surface area contributed by atoms with Crippen molar-refractivity contribution >= 4 is 57.8 Å². The Labute approximate surface area is 660 Å². The van der Waals surface area contributed by atoms with Gasteiger partial charge in [-0.1, -0.05) is 131 Å². The fourth-order valence-corrected chi connectivity index (χ4v) is 13.9. The molecule has 562 valence electrons. The Morgan fingerprint density at radius 2 is 0.450 bits per heavy atom. The number of carbonyl (C=O) groups is 4. The summed E-state index contributed by atoms with van der Waals surface area (Å²) in [6, 6.07) is 83.5. The molecule has 0 radical (unpaired) electrons. The molecule has 0 N–H and O–H groups in total. The molecule has 10 heteroatoms. The number of carbonyl (C=O) groups excluding carboxylic acids is 4. The van der Waals surface area contributed by atoms with E-state index in [0.29, 0.717) is 22.3 Å². The third kappa shape index (κ3) is 21.0. The number of hydrogen-bond acceptors (Lipinski definition) is 7. The molecule has 10 nitrogen and oxygen atoms in total. The van der Waals surface area contributed by atoms with Crippen LogP contribution in [0.4, 0.5) is 34.1 Å². The predicted octanol–water partition coefficient (Wildman–Crippen LogP) is 22.3. The van der Waals surface area contributed by atoms with E-state index < -0.39 is 22.4 Å². The van der Waals surface area contributed by atoms with Crippen LogP contribution in [0.2, 0.25) is 0 Å². The van der Waals surface area contributed by atoms with Crippen LogP contribution in [-0.4, -0.2) is 80.2 Å². The van der Waals surface area contributed by atoms with Crippen molar-refractivity contribution in [2.24, 2.45) is 10.8 Å². The first-order valence-electron chi connectivity index (χ1n) is 38.1. The minimum absolute atomic E-state index is 0.0161. The summed E-state index contributed by atoms with van der Waals surface area (Å²) in [4.78, 5) is 62.8. The van der Waals surface area contributed by atoms with E-state index in [1.807, 2.05) is 309 Å². The largest absolute Gasteiger partial charge is 0.441 e. The number of para-hydroxylation sites is 2. The normalized spacial score (nSPS) is 11.1. The van der Waals surface area contributed by atoms with Gasteiger partial charge < -0.3 is 29.2 Å². The third-order valence-electron chi connectivity index (χ3n) is 19.1. The molecule has 0 saturated heterocycles. The Bertz CT molecular complexity index is 4730. The van der Waals surface area contributed by atoms with E-state index in [9.17, 15) is 19.2 Å². The Kier molecular flexibility index (Phi) is 27.6. The van der Waals surface area contributed by atoms with E-state index in [4.69, 9.17) is 11.2 Å². The van der Waals surface area contributed by atoms with Crippen LogP contribution in [0.3, 0.4) is 0 Å². The molecule has 0 aliphatic heterocycles. The molecule has 0 aliphatic carbocycles. The lowest BCUT2D eigenvalue weighted by Crippen LogP contribution is -2.55. The molecule has 0 unspecified atom stereocenters. The molecule has 0 fully saturated rings. The lowest BCUT2D eigenvalue weighted by atomic mass is 9.63. The predicted molar refractivity (Wildman–Crippen MR) is 457 cm³/mol. The molecule has 0 saturated carbocycles. The molecule has 0 bridgehead atoms. The molecule has 3 amide bonds. The Balaban J connectivity index is 0.000000292. The second-order valence-electron chi connectivity index (χ2n) is 31.3. The molecule has 0 aromatic heterocycles. The van der Waals surface area contributed by atoms with Gasteiger partial charge in [0.15, 0.2) is 5.60 Å². The Hall–Kier alpha value is -12.5. The molecule has 111 heavy (non-hydrogen) atoms. The number of rotatable bonds is 17. The van der Waals surface area contributed by atoms with Crippen LogP contribution >= 0.6 is 0 Å². The second kappa shape index (κ2) is 37.1. The molecule has 0 aliphatic rings. The van der Waals surface area contributed by atoms with Crippen molar-refractivity contribution < 1.29 is 23.9 Å². The summed E-state index contributed by atoms with van der Waals surface area (Å²) in [5, 5.41) is 0. The number of terminal acetylenes is 1. The molecular formula is C101H103N5O5. The minimum Gasteiger partial charge on any atom is -0.441 e. The van der Waals surface area contributed by atoms with Crippen molar-refractivity contribution in [1.82, 2.24) is 14.7 Å². The highest BCUT2D eigenvalue weighted by molar-refractivity contribution is 5.96. The maximum absolute atomic E-state index is 13.2. The minimum atomic E-state index is -1.07. The topological polar surface area (TPSA) is 93.7 Å². The number of esters is 1. The molecular weight excluding hydrogens is 1360 g/mol. The van der Waals surface area contributed by atoms with Crippen molar-refractivity contribution in [3.8, 4) is 59.7 Å². The number of amides is 3. The summed E-state index contributed by atoms with van der Waals surface area (Å²) < 4.78 is 6.05. The van der Waals surface area contributed by atoms with E-state index in [0.717, 1.165) is 78.6 Å². The first-order valence-corrected chi connectivity index (χ1v) is 38.1. The van der Waals surface area contributed by atoms with Crippen molar-refractivity contribution in [1.29, 1.82) is 0 Å². The van der Waals surface area contributed by atoms with Crippen LogP contribution in [0.25, 0.3) is 0 Å². The smallest absolute Gasteiger partial charge is 0.339 e. The summed E-state index contributed by atoms with van der Waals surface area (Å²) in [6.07, 6.45) is 5.96. The van der Waals surface area contributed by atoms with Gasteiger partial charge in [-0.2, -0.15) is 0 Å². The zero-order chi connectivity index (χ0) is 80.3. The van der Waals surface area contributed by atoms with Crippen LogP contribution in [0, 0.1) is 70.5 Å². The van der Waals surface area contributed by atoms with Crippen LogP contribution in [0.15, 0.2) is 255 Å². The average Bonchev–Trinajstić information content (AvgIpc) is 0.754. The SMILES string of the molecule is C#CC(OC(=O)c1ccc(C#Cc2ccc(N(c3ccccc3)c3ccccc3)cc2)cc1)(C(C)(C)C)C(C)(C)C.CC(C)N(C(=O)c1ccc(C#Cc2ccc(N(c3ccc(C#Cc4ccc(C(=O)N(C(C)C)C(C)C)cc4)cc3)c3ccc(C#Cc4ccc(C(=O)N(C(C)C)C(C)C)cc4)cc3)cc2)cc1)C(C)C. The highest BCUT2D eigenvalue weighted by Gasteiger charge is 2.53. The molecule has 0 atom stereocenters. The van der Waals surface area contributed by atoms with Crippen LogP contribution in [-0.2, 0) is 4.74 Å². The highest BCUT2D eigenvalue weighted by atomic mass is 16.6. The second-order valence-corrected chi connectivity index (χ2v) is 31.3. The zero-order valence-corrected chi connectivity index (χ0v) is 67.6. The van der Waals surface area contributed by atoms with Gasteiger partial charge in [0.25, 0.3) is 17.7 Å². The van der Waals surface area contributed by atoms with E-state index in [1.165, 1.54) is 0 Å². The zero-order valence-electron chi connectivity index (χ0n) is 67.6. The van der Waals surface area contributed by atoms with Crippen LogP contribution in [0.1, 0.15) is 211 Å². The first-order chi connectivity index (χ1) is 52.9. The summed E-state index contributed by atoms with van der Waals surface area (Å²) in [7, 11) is 0.